The van der Waals surface area contributed by atoms with Crippen LogP contribution in [0.5, 0.6) is 0 Å². The van der Waals surface area contributed by atoms with Crippen molar-refractivity contribution in [3.05, 3.63) is 24.2 Å². The number of rotatable bonds is 6. The van der Waals surface area contributed by atoms with Gasteiger partial charge in [0.2, 0.25) is 0 Å². The van der Waals surface area contributed by atoms with E-state index in [1.165, 1.54) is 0 Å². The average Bonchev–Trinajstić information content (AvgIpc) is 2.69. The van der Waals surface area contributed by atoms with Crippen LogP contribution in [0.25, 0.3) is 0 Å². The third kappa shape index (κ3) is 3.68. The van der Waals surface area contributed by atoms with Crippen LogP contribution in [0.3, 0.4) is 0 Å². The third-order valence-corrected chi connectivity index (χ3v) is 3.07. The molecule has 1 aromatic heterocycles. The Kier molecular flexibility index (Phi) is 4.36. The minimum atomic E-state index is -0.640. The van der Waals surface area contributed by atoms with Gasteiger partial charge in [0, 0.05) is 18.7 Å². The lowest BCUT2D eigenvalue weighted by Gasteiger charge is -2.29. The van der Waals surface area contributed by atoms with Crippen LogP contribution < -0.4 is 5.32 Å². The summed E-state index contributed by atoms with van der Waals surface area (Å²) in [6.07, 6.45) is 4.36. The predicted octanol–water partition coefficient (Wildman–Crippen LogP) is 2.17. The summed E-state index contributed by atoms with van der Waals surface area (Å²) < 4.78 is 4.96. The van der Waals surface area contributed by atoms with Crippen LogP contribution in [-0.4, -0.2) is 17.3 Å². The summed E-state index contributed by atoms with van der Waals surface area (Å²) in [6.45, 7) is 7.38. The first-order chi connectivity index (χ1) is 7.06. The summed E-state index contributed by atoms with van der Waals surface area (Å²) in [5, 5.41) is 13.4. The van der Waals surface area contributed by atoms with Crippen molar-refractivity contribution in [2.75, 3.05) is 6.54 Å². The summed E-state index contributed by atoms with van der Waals surface area (Å²) in [6, 6.07) is 1.92. The van der Waals surface area contributed by atoms with Crippen molar-refractivity contribution < 1.29 is 9.52 Å². The van der Waals surface area contributed by atoms with Crippen molar-refractivity contribution in [2.24, 2.45) is 5.92 Å². The Balaban J connectivity index is 2.30. The molecule has 0 spiro atoms. The molecule has 0 fully saturated rings. The molecule has 0 aliphatic heterocycles. The summed E-state index contributed by atoms with van der Waals surface area (Å²) in [7, 11) is 0. The lowest BCUT2D eigenvalue weighted by atomic mass is 9.88. The van der Waals surface area contributed by atoms with Crippen LogP contribution >= 0.6 is 0 Å². The number of nitrogens with one attached hydrogen (secondary N) is 1. The molecular weight excluding hydrogens is 190 g/mol. The molecule has 1 aromatic rings. The number of furan rings is 1. The molecule has 0 amide bonds. The Morgan fingerprint density at radius 3 is 2.87 bits per heavy atom. The molecule has 0 aliphatic carbocycles. The van der Waals surface area contributed by atoms with Crippen molar-refractivity contribution in [1.82, 2.24) is 5.32 Å². The first-order valence-corrected chi connectivity index (χ1v) is 5.50. The van der Waals surface area contributed by atoms with Crippen LogP contribution in [0, 0.1) is 5.92 Å². The van der Waals surface area contributed by atoms with E-state index >= 15 is 0 Å². The van der Waals surface area contributed by atoms with E-state index in [2.05, 4.69) is 19.2 Å². The van der Waals surface area contributed by atoms with Gasteiger partial charge in [-0.2, -0.15) is 0 Å². The Labute approximate surface area is 91.5 Å². The molecule has 1 heterocycles. The molecule has 3 heteroatoms. The Morgan fingerprint density at radius 2 is 2.33 bits per heavy atom. The summed E-state index contributed by atoms with van der Waals surface area (Å²) in [5.41, 5.74) is 0.466. The molecule has 2 N–H and O–H groups in total. The Bertz CT molecular complexity index is 267. The van der Waals surface area contributed by atoms with E-state index in [1.54, 1.807) is 12.5 Å². The second-order valence-corrected chi connectivity index (χ2v) is 4.40. The lowest BCUT2D eigenvalue weighted by molar-refractivity contribution is 0.00534. The van der Waals surface area contributed by atoms with Crippen molar-refractivity contribution in [2.45, 2.75) is 39.3 Å². The smallest absolute Gasteiger partial charge is 0.0947 e. The van der Waals surface area contributed by atoms with Gasteiger partial charge in [-0.3, -0.25) is 0 Å². The zero-order valence-electron chi connectivity index (χ0n) is 9.79. The van der Waals surface area contributed by atoms with Gasteiger partial charge < -0.3 is 14.8 Å². The summed E-state index contributed by atoms with van der Waals surface area (Å²) in [4.78, 5) is 0. The van der Waals surface area contributed by atoms with E-state index in [0.717, 1.165) is 18.5 Å². The maximum absolute atomic E-state index is 10.1. The third-order valence-electron chi connectivity index (χ3n) is 3.07. The van der Waals surface area contributed by atoms with E-state index in [9.17, 15) is 5.11 Å². The van der Waals surface area contributed by atoms with Gasteiger partial charge in [-0.05, 0) is 18.9 Å². The topological polar surface area (TPSA) is 45.4 Å². The molecule has 2 atom stereocenters. The van der Waals surface area contributed by atoms with Crippen LogP contribution in [0.15, 0.2) is 23.0 Å². The second-order valence-electron chi connectivity index (χ2n) is 4.40. The molecular formula is C12H21NO2. The van der Waals surface area contributed by atoms with E-state index in [-0.39, 0.29) is 0 Å². The normalized spacial score (nSPS) is 17.3. The predicted molar refractivity (Wildman–Crippen MR) is 60.5 cm³/mol. The maximum atomic E-state index is 10.1. The lowest BCUT2D eigenvalue weighted by Crippen LogP contribution is -2.42. The van der Waals surface area contributed by atoms with Gasteiger partial charge in [0.1, 0.15) is 0 Å². The first-order valence-electron chi connectivity index (χ1n) is 5.50. The molecule has 1 rings (SSSR count). The quantitative estimate of drug-likeness (QED) is 0.758. The van der Waals surface area contributed by atoms with Gasteiger partial charge in [-0.25, -0.2) is 0 Å². The molecule has 0 bridgehead atoms. The van der Waals surface area contributed by atoms with Crippen LogP contribution in [0.2, 0.25) is 0 Å². The van der Waals surface area contributed by atoms with Gasteiger partial charge in [0.15, 0.2) is 0 Å². The number of hydrogen-bond acceptors (Lipinski definition) is 3. The number of hydrogen-bond donors (Lipinski definition) is 2. The van der Waals surface area contributed by atoms with Crippen molar-refractivity contribution in [3.8, 4) is 0 Å². The van der Waals surface area contributed by atoms with Crippen LogP contribution in [-0.2, 0) is 6.54 Å². The summed E-state index contributed by atoms with van der Waals surface area (Å²) in [5.74, 6) is 0.300. The maximum Gasteiger partial charge on any atom is 0.0947 e. The molecule has 0 radical (unpaired) electrons. The fraction of sp³-hybridized carbons (Fsp3) is 0.667. The highest BCUT2D eigenvalue weighted by atomic mass is 16.3. The highest BCUT2D eigenvalue weighted by molar-refractivity contribution is 5.04. The van der Waals surface area contributed by atoms with Crippen LogP contribution in [0.4, 0.5) is 0 Å². The van der Waals surface area contributed by atoms with Gasteiger partial charge >= 0.3 is 0 Å². The van der Waals surface area contributed by atoms with E-state index < -0.39 is 5.60 Å². The Morgan fingerprint density at radius 1 is 1.60 bits per heavy atom. The largest absolute Gasteiger partial charge is 0.472 e. The van der Waals surface area contributed by atoms with Crippen molar-refractivity contribution in [1.29, 1.82) is 0 Å². The van der Waals surface area contributed by atoms with Crippen LogP contribution in [0.1, 0.15) is 32.8 Å². The molecule has 0 aromatic carbocycles. The summed E-state index contributed by atoms with van der Waals surface area (Å²) >= 11 is 0. The van der Waals surface area contributed by atoms with E-state index in [0.29, 0.717) is 12.5 Å². The standard InChI is InChI=1S/C12H21NO2/c1-4-10(2)12(3,14)9-13-7-11-5-6-15-8-11/h5-6,8,10,13-14H,4,7,9H2,1-3H3. The number of aliphatic hydroxyl groups is 1. The molecule has 2 unspecified atom stereocenters. The van der Waals surface area contributed by atoms with E-state index in [4.69, 9.17) is 4.42 Å². The minimum absolute atomic E-state index is 0.300. The second kappa shape index (κ2) is 5.33. The fourth-order valence-electron chi connectivity index (χ4n) is 1.47. The van der Waals surface area contributed by atoms with Crippen molar-refractivity contribution >= 4 is 0 Å². The van der Waals surface area contributed by atoms with E-state index in [1.807, 2.05) is 13.0 Å². The first kappa shape index (κ1) is 12.3. The van der Waals surface area contributed by atoms with Gasteiger partial charge in [-0.1, -0.05) is 20.3 Å². The molecule has 0 saturated heterocycles. The molecule has 0 saturated carbocycles. The molecule has 0 aliphatic rings. The highest BCUT2D eigenvalue weighted by Crippen LogP contribution is 2.18. The zero-order chi connectivity index (χ0) is 11.3. The molecule has 3 nitrogen and oxygen atoms in total. The minimum Gasteiger partial charge on any atom is -0.472 e. The van der Waals surface area contributed by atoms with Gasteiger partial charge in [0.25, 0.3) is 0 Å². The SMILES string of the molecule is CCC(C)C(C)(O)CNCc1ccoc1. The fourth-order valence-corrected chi connectivity index (χ4v) is 1.47. The zero-order valence-corrected chi connectivity index (χ0v) is 9.79. The highest BCUT2D eigenvalue weighted by Gasteiger charge is 2.26. The monoisotopic (exact) mass is 211 g/mol. The Hall–Kier alpha value is -0.800. The average molecular weight is 211 g/mol. The van der Waals surface area contributed by atoms with Gasteiger partial charge in [-0.15, -0.1) is 0 Å². The van der Waals surface area contributed by atoms with Crippen molar-refractivity contribution in [3.63, 3.8) is 0 Å². The molecule has 15 heavy (non-hydrogen) atoms. The van der Waals surface area contributed by atoms with Gasteiger partial charge in [0.05, 0.1) is 18.1 Å². The molecule has 86 valence electrons.